The Balaban J connectivity index is 1.27. The molecule has 0 unspecified atom stereocenters. The number of rotatable bonds is 9. The Morgan fingerprint density at radius 2 is 1.88 bits per heavy atom. The zero-order valence-corrected chi connectivity index (χ0v) is 20.0. The lowest BCUT2D eigenvalue weighted by Gasteiger charge is -2.26. The van der Waals surface area contributed by atoms with Gasteiger partial charge in [0.25, 0.3) is 0 Å². The van der Waals surface area contributed by atoms with Crippen LogP contribution in [0.2, 0.25) is 0 Å². The van der Waals surface area contributed by atoms with E-state index in [2.05, 4.69) is 36.1 Å². The van der Waals surface area contributed by atoms with E-state index in [1.54, 1.807) is 0 Å². The average Bonchev–Trinajstić information content (AvgIpc) is 2.83. The standard InChI is InChI=1S/C25H27BrN4O3/c26-23-4-2-1-3-20(23)16-25(31)29-24-17-21(27-18-28-24)15-19-5-7-22(8-6-19)33-14-11-30-9-12-32-13-10-30/h1-8,17-18H,9-16H2,(H,27,28,29,31). The van der Waals surface area contributed by atoms with E-state index in [9.17, 15) is 4.79 Å². The largest absolute Gasteiger partial charge is 0.492 e. The molecule has 1 fully saturated rings. The first-order chi connectivity index (χ1) is 16.2. The molecule has 0 aliphatic carbocycles. The Bertz CT molecular complexity index is 1060. The average molecular weight is 511 g/mol. The number of carbonyl (C=O) groups excluding carboxylic acids is 1. The molecule has 1 aliphatic rings. The summed E-state index contributed by atoms with van der Waals surface area (Å²) < 4.78 is 12.2. The minimum atomic E-state index is -0.120. The Morgan fingerprint density at radius 1 is 1.09 bits per heavy atom. The molecule has 3 aromatic rings. The van der Waals surface area contributed by atoms with Crippen molar-refractivity contribution in [2.75, 3.05) is 44.8 Å². The van der Waals surface area contributed by atoms with E-state index >= 15 is 0 Å². The third-order valence-electron chi connectivity index (χ3n) is 5.39. The van der Waals surface area contributed by atoms with E-state index in [1.165, 1.54) is 6.33 Å². The van der Waals surface area contributed by atoms with Gasteiger partial charge < -0.3 is 14.8 Å². The molecule has 2 aromatic carbocycles. The molecular weight excluding hydrogens is 484 g/mol. The van der Waals surface area contributed by atoms with Gasteiger partial charge >= 0.3 is 0 Å². The van der Waals surface area contributed by atoms with Crippen LogP contribution in [0.5, 0.6) is 5.75 Å². The number of benzene rings is 2. The molecule has 1 aliphatic heterocycles. The summed E-state index contributed by atoms with van der Waals surface area (Å²) in [4.78, 5) is 23.3. The van der Waals surface area contributed by atoms with Crippen LogP contribution in [-0.2, 0) is 22.4 Å². The van der Waals surface area contributed by atoms with E-state index in [-0.39, 0.29) is 12.3 Å². The number of aromatic nitrogens is 2. The minimum absolute atomic E-state index is 0.120. The Hall–Kier alpha value is -2.81. The SMILES string of the molecule is O=C(Cc1ccccc1Br)Nc1cc(Cc2ccc(OCCN3CCOCC3)cc2)ncn1. The highest BCUT2D eigenvalue weighted by molar-refractivity contribution is 9.10. The molecule has 1 amide bonds. The summed E-state index contributed by atoms with van der Waals surface area (Å²) in [6, 6.07) is 17.5. The van der Waals surface area contributed by atoms with E-state index in [0.717, 1.165) is 59.9 Å². The number of hydrogen-bond donors (Lipinski definition) is 1. The Labute approximate surface area is 202 Å². The number of ether oxygens (including phenoxy) is 2. The smallest absolute Gasteiger partial charge is 0.229 e. The molecule has 0 saturated carbocycles. The summed E-state index contributed by atoms with van der Waals surface area (Å²) in [5.74, 6) is 1.24. The molecule has 1 N–H and O–H groups in total. The van der Waals surface area contributed by atoms with Gasteiger partial charge in [-0.3, -0.25) is 9.69 Å². The summed E-state index contributed by atoms with van der Waals surface area (Å²) >= 11 is 3.47. The van der Waals surface area contributed by atoms with Crippen molar-refractivity contribution in [1.82, 2.24) is 14.9 Å². The lowest BCUT2D eigenvalue weighted by Crippen LogP contribution is -2.38. The van der Waals surface area contributed by atoms with Crippen molar-refractivity contribution in [3.8, 4) is 5.75 Å². The third-order valence-corrected chi connectivity index (χ3v) is 6.16. The highest BCUT2D eigenvalue weighted by Gasteiger charge is 2.10. The number of nitrogens with one attached hydrogen (secondary N) is 1. The Morgan fingerprint density at radius 3 is 2.67 bits per heavy atom. The van der Waals surface area contributed by atoms with Crippen molar-refractivity contribution < 1.29 is 14.3 Å². The number of hydrogen-bond acceptors (Lipinski definition) is 6. The molecular formula is C25H27BrN4O3. The highest BCUT2D eigenvalue weighted by atomic mass is 79.9. The fraction of sp³-hybridized carbons (Fsp3) is 0.320. The van der Waals surface area contributed by atoms with Gasteiger partial charge in [-0.25, -0.2) is 9.97 Å². The predicted molar refractivity (Wildman–Crippen MR) is 131 cm³/mol. The lowest BCUT2D eigenvalue weighted by atomic mass is 10.1. The highest BCUT2D eigenvalue weighted by Crippen LogP contribution is 2.18. The number of anilines is 1. The molecule has 1 aromatic heterocycles. The molecule has 2 heterocycles. The van der Waals surface area contributed by atoms with Crippen LogP contribution in [-0.4, -0.2) is 60.2 Å². The van der Waals surface area contributed by atoms with Crippen molar-refractivity contribution in [1.29, 1.82) is 0 Å². The van der Waals surface area contributed by atoms with Crippen molar-refractivity contribution in [3.05, 3.63) is 82.2 Å². The molecule has 0 atom stereocenters. The fourth-order valence-electron chi connectivity index (χ4n) is 3.59. The summed E-state index contributed by atoms with van der Waals surface area (Å²) in [5, 5.41) is 2.86. The molecule has 33 heavy (non-hydrogen) atoms. The molecule has 0 spiro atoms. The monoisotopic (exact) mass is 510 g/mol. The predicted octanol–water partition coefficient (Wildman–Crippen LogP) is 3.72. The third kappa shape index (κ3) is 7.35. The molecule has 7 nitrogen and oxygen atoms in total. The lowest BCUT2D eigenvalue weighted by molar-refractivity contribution is -0.115. The molecule has 1 saturated heterocycles. The van der Waals surface area contributed by atoms with Crippen LogP contribution in [0.25, 0.3) is 0 Å². The number of carbonyl (C=O) groups is 1. The topological polar surface area (TPSA) is 76.6 Å². The maximum atomic E-state index is 12.4. The van der Waals surface area contributed by atoms with Crippen LogP contribution in [0, 0.1) is 0 Å². The molecule has 4 rings (SSSR count). The first kappa shape index (κ1) is 23.4. The summed E-state index contributed by atoms with van der Waals surface area (Å²) in [5.41, 5.74) is 2.87. The van der Waals surface area contributed by atoms with Crippen LogP contribution in [0.4, 0.5) is 5.82 Å². The molecule has 0 radical (unpaired) electrons. The zero-order chi connectivity index (χ0) is 22.9. The van der Waals surface area contributed by atoms with Crippen molar-refractivity contribution in [2.24, 2.45) is 0 Å². The number of morpholine rings is 1. The summed E-state index contributed by atoms with van der Waals surface area (Å²) in [6.07, 6.45) is 2.39. The molecule has 172 valence electrons. The van der Waals surface area contributed by atoms with Crippen molar-refractivity contribution in [3.63, 3.8) is 0 Å². The van der Waals surface area contributed by atoms with E-state index in [1.807, 2.05) is 54.6 Å². The maximum absolute atomic E-state index is 12.4. The van der Waals surface area contributed by atoms with Gasteiger partial charge in [0.15, 0.2) is 0 Å². The van der Waals surface area contributed by atoms with Gasteiger partial charge in [0, 0.05) is 36.6 Å². The number of nitrogens with zero attached hydrogens (tertiary/aromatic N) is 3. The quantitative estimate of drug-likeness (QED) is 0.472. The van der Waals surface area contributed by atoms with Gasteiger partial charge in [0.05, 0.1) is 25.3 Å². The zero-order valence-electron chi connectivity index (χ0n) is 18.4. The normalized spacial score (nSPS) is 14.1. The number of amides is 1. The van der Waals surface area contributed by atoms with Gasteiger partial charge in [-0.2, -0.15) is 0 Å². The second-order valence-corrected chi connectivity index (χ2v) is 8.69. The Kier molecular flexibility index (Phi) is 8.41. The van der Waals surface area contributed by atoms with E-state index < -0.39 is 0 Å². The van der Waals surface area contributed by atoms with E-state index in [0.29, 0.717) is 18.8 Å². The second kappa shape index (κ2) is 11.9. The van der Waals surface area contributed by atoms with Gasteiger partial charge in [0.1, 0.15) is 24.5 Å². The van der Waals surface area contributed by atoms with Crippen LogP contribution in [0.1, 0.15) is 16.8 Å². The van der Waals surface area contributed by atoms with Crippen molar-refractivity contribution in [2.45, 2.75) is 12.8 Å². The first-order valence-electron chi connectivity index (χ1n) is 11.0. The van der Waals surface area contributed by atoms with E-state index in [4.69, 9.17) is 9.47 Å². The van der Waals surface area contributed by atoms with Crippen LogP contribution < -0.4 is 10.1 Å². The molecule has 8 heteroatoms. The maximum Gasteiger partial charge on any atom is 0.229 e. The van der Waals surface area contributed by atoms with Crippen LogP contribution in [0.15, 0.2) is 65.4 Å². The summed E-state index contributed by atoms with van der Waals surface area (Å²) in [7, 11) is 0. The molecule has 0 bridgehead atoms. The van der Waals surface area contributed by atoms with Gasteiger partial charge in [-0.1, -0.05) is 46.3 Å². The first-order valence-corrected chi connectivity index (χ1v) is 11.8. The minimum Gasteiger partial charge on any atom is -0.492 e. The second-order valence-electron chi connectivity index (χ2n) is 7.83. The van der Waals surface area contributed by atoms with Gasteiger partial charge in [-0.05, 0) is 29.3 Å². The van der Waals surface area contributed by atoms with Crippen molar-refractivity contribution >= 4 is 27.7 Å². The van der Waals surface area contributed by atoms with Gasteiger partial charge in [-0.15, -0.1) is 0 Å². The number of halogens is 1. The van der Waals surface area contributed by atoms with Gasteiger partial charge in [0.2, 0.25) is 5.91 Å². The fourth-order valence-corrected chi connectivity index (χ4v) is 4.02. The summed E-state index contributed by atoms with van der Waals surface area (Å²) in [6.45, 7) is 5.10. The van der Waals surface area contributed by atoms with Crippen LogP contribution in [0.3, 0.4) is 0 Å². The van der Waals surface area contributed by atoms with Crippen LogP contribution >= 0.6 is 15.9 Å².